The van der Waals surface area contributed by atoms with Crippen LogP contribution in [-0.2, 0) is 30.6 Å². The second kappa shape index (κ2) is 17.7. The number of alkyl halides is 3. The van der Waals surface area contributed by atoms with E-state index in [-0.39, 0.29) is 36.4 Å². The molecule has 2 unspecified atom stereocenters. The number of pyridine rings is 1. The molecule has 1 saturated heterocycles. The Bertz CT molecular complexity index is 2620. The third-order valence-corrected chi connectivity index (χ3v) is 15.5. The summed E-state index contributed by atoms with van der Waals surface area (Å²) in [5, 5.41) is 9.12. The maximum absolute atomic E-state index is 13.9. The first-order valence-electron chi connectivity index (χ1n) is 21.3. The van der Waals surface area contributed by atoms with Gasteiger partial charge in [0.1, 0.15) is 34.2 Å². The van der Waals surface area contributed by atoms with Crippen molar-refractivity contribution < 1.29 is 45.1 Å². The van der Waals surface area contributed by atoms with Gasteiger partial charge in [-0.05, 0) is 93.5 Å². The summed E-state index contributed by atoms with van der Waals surface area (Å²) in [7, 11) is -2.30. The largest absolute Gasteiger partial charge is 0.496 e. The van der Waals surface area contributed by atoms with E-state index in [4.69, 9.17) is 4.74 Å². The van der Waals surface area contributed by atoms with Crippen molar-refractivity contribution in [2.45, 2.75) is 128 Å². The molecule has 64 heavy (non-hydrogen) atoms. The Morgan fingerprint density at radius 1 is 1.09 bits per heavy atom. The molecule has 348 valence electrons. The Hall–Kier alpha value is -5.04. The molecule has 4 atom stereocenters. The van der Waals surface area contributed by atoms with E-state index in [0.717, 1.165) is 39.3 Å². The molecule has 3 aliphatic rings. The molecule has 2 saturated carbocycles. The van der Waals surface area contributed by atoms with Gasteiger partial charge in [-0.3, -0.25) is 23.9 Å². The average molecular weight is 933 g/mol. The van der Waals surface area contributed by atoms with E-state index < -0.39 is 73.1 Å². The lowest BCUT2D eigenvalue weighted by atomic mass is 9.85. The van der Waals surface area contributed by atoms with Gasteiger partial charge in [-0.2, -0.15) is 13.2 Å². The number of nitrogens with one attached hydrogen (secondary N) is 4. The first-order valence-corrected chi connectivity index (χ1v) is 23.6. The van der Waals surface area contributed by atoms with Crippen molar-refractivity contribution in [3.63, 3.8) is 0 Å². The van der Waals surface area contributed by atoms with Crippen LogP contribution in [-0.4, -0.2) is 77.0 Å². The van der Waals surface area contributed by atoms with E-state index in [9.17, 15) is 45.2 Å². The van der Waals surface area contributed by atoms with Crippen LogP contribution in [0.2, 0.25) is 0 Å². The third kappa shape index (κ3) is 9.79. The summed E-state index contributed by atoms with van der Waals surface area (Å²) in [4.78, 5) is 62.3. The molecule has 2 aliphatic carbocycles. The van der Waals surface area contributed by atoms with E-state index in [2.05, 4.69) is 39.2 Å². The number of aromatic amines is 1. The molecule has 0 radical (unpaired) electrons. The Balaban J connectivity index is 0.000000258. The number of aryl methyl sites for hydroxylation is 1. The number of hydrogen-bond acceptors (Lipinski definition) is 10. The lowest BCUT2D eigenvalue weighted by Crippen LogP contribution is -2.59. The van der Waals surface area contributed by atoms with Gasteiger partial charge in [-0.15, -0.1) is 11.3 Å². The van der Waals surface area contributed by atoms with Crippen molar-refractivity contribution in [3.05, 3.63) is 74.6 Å². The Labute approximate surface area is 374 Å². The summed E-state index contributed by atoms with van der Waals surface area (Å²) in [5.74, 6) is -2.51. The molecule has 3 heterocycles. The number of fused-ring (bicyclic) bond motifs is 1. The lowest BCUT2D eigenvalue weighted by Gasteiger charge is -2.36. The van der Waals surface area contributed by atoms with Crippen molar-refractivity contribution in [2.24, 2.45) is 11.3 Å². The number of sulfonamides is 1. The molecule has 7 rings (SSSR count). The molecule has 4 aromatic rings. The molecule has 2 aromatic carbocycles. The second-order valence-electron chi connectivity index (χ2n) is 18.6. The number of carbonyl (C=O) groups is 3. The highest BCUT2D eigenvalue weighted by atomic mass is 32.2. The van der Waals surface area contributed by atoms with Crippen LogP contribution < -0.4 is 25.5 Å². The minimum atomic E-state index is -4.93. The van der Waals surface area contributed by atoms with Gasteiger partial charge < -0.3 is 25.3 Å². The molecule has 3 fully saturated rings. The fourth-order valence-electron chi connectivity index (χ4n) is 7.96. The van der Waals surface area contributed by atoms with Crippen molar-refractivity contribution in [2.75, 3.05) is 19.0 Å². The van der Waals surface area contributed by atoms with Crippen LogP contribution in [0.5, 0.6) is 5.75 Å². The van der Waals surface area contributed by atoms with Crippen LogP contribution in [0.4, 0.5) is 23.2 Å². The highest BCUT2D eigenvalue weighted by molar-refractivity contribution is 7.91. The number of carbonyl (C=O) groups excluding carboxylic acids is 3. The predicted molar refractivity (Wildman–Crippen MR) is 238 cm³/mol. The van der Waals surface area contributed by atoms with Gasteiger partial charge in [0, 0.05) is 34.6 Å². The average Bonchev–Trinajstić information content (AvgIpc) is 3.96. The highest BCUT2D eigenvalue weighted by Gasteiger charge is 2.63. The summed E-state index contributed by atoms with van der Waals surface area (Å²) in [6.07, 6.45) is -2.53. The van der Waals surface area contributed by atoms with Crippen LogP contribution >= 0.6 is 11.3 Å². The molecule has 0 spiro atoms. The van der Waals surface area contributed by atoms with Gasteiger partial charge in [0.15, 0.2) is 5.43 Å². The van der Waals surface area contributed by atoms with E-state index >= 15 is 0 Å². The first kappa shape index (κ1) is 48.4. The number of thiazole rings is 1. The Morgan fingerprint density at radius 2 is 1.78 bits per heavy atom. The maximum Gasteiger partial charge on any atom is 0.419 e. The van der Waals surface area contributed by atoms with Crippen molar-refractivity contribution in [3.8, 4) is 16.5 Å². The third-order valence-electron chi connectivity index (χ3n) is 12.5. The van der Waals surface area contributed by atoms with Gasteiger partial charge in [0.2, 0.25) is 21.8 Å². The summed E-state index contributed by atoms with van der Waals surface area (Å²) in [5.41, 5.74) is -0.284. The topological polar surface area (TPSA) is 180 Å². The second-order valence-corrected chi connectivity index (χ2v) is 21.6. The number of amides is 3. The molecule has 13 nitrogen and oxygen atoms in total. The maximum atomic E-state index is 13.9. The van der Waals surface area contributed by atoms with Crippen LogP contribution in [0.1, 0.15) is 110 Å². The van der Waals surface area contributed by atoms with E-state index in [1.165, 1.54) is 4.90 Å². The molecule has 1 aliphatic heterocycles. The smallest absolute Gasteiger partial charge is 0.419 e. The number of methoxy groups -OCH3 is 1. The first-order chi connectivity index (χ1) is 29.8. The number of hydrogen-bond donors (Lipinski definition) is 4. The van der Waals surface area contributed by atoms with Gasteiger partial charge in [-0.25, -0.2) is 17.8 Å². The Kier molecular flexibility index (Phi) is 13.4. The number of nitrogens with zero attached hydrogens (tertiary/aromatic N) is 2. The molecular formula is C45H56F4N6O7S2. The quantitative estimate of drug-likeness (QED) is 0.102. The number of benzene rings is 2. The lowest BCUT2D eigenvalue weighted by molar-refractivity contribution is -0.141. The molecule has 19 heteroatoms. The van der Waals surface area contributed by atoms with E-state index in [1.807, 2.05) is 25.3 Å². The summed E-state index contributed by atoms with van der Waals surface area (Å²) in [6.45, 7) is 14.9. The molecule has 2 aromatic heterocycles. The number of ether oxygens (including phenoxy) is 1. The number of likely N-dealkylation sites (tertiary alicyclic amines) is 1. The number of halogens is 4. The predicted octanol–water partition coefficient (Wildman–Crippen LogP) is 8.04. The zero-order valence-electron chi connectivity index (χ0n) is 37.4. The van der Waals surface area contributed by atoms with Crippen molar-refractivity contribution in [1.82, 2.24) is 24.9 Å². The number of H-pyrrole nitrogens is 1. The van der Waals surface area contributed by atoms with Crippen molar-refractivity contribution in [1.29, 1.82) is 0 Å². The zero-order valence-corrected chi connectivity index (χ0v) is 39.0. The van der Waals surface area contributed by atoms with E-state index in [1.54, 1.807) is 58.3 Å². The Morgan fingerprint density at radius 3 is 2.34 bits per heavy atom. The fraction of sp³-hybridized carbons (Fsp3) is 0.533. The SMILES string of the molecule is CCC1C[C@]1(NC(=O)C1CCCN1C(=O)[C@@H](Nc1ccc(F)c(C(F)(F)F)c1)C(C)(C)C)C(=O)NS(=O)(=O)C1(C)CC1.COc1ccc2c(=O)cc(-c3nc(C(C)C)cs3)[nH]c2c1C. The standard InChI is InChI=1S/C28H38F4N4O5S.C17H18N2O2S/c1-6-16-15-27(16,24(39)35-42(40,41)26(5)11-12-26)34-22(37)20-8-7-13-36(20)23(38)21(25(2,3)4)33-17-9-10-19(29)18(14-17)28(30,31)32;1-9(2)13-8-22-17(19-13)12-7-14(20)11-5-6-15(21-4)10(3)16(11)18-12/h9-10,14,16,20-21,33H,6-8,11-13,15H2,1-5H3,(H,34,37)(H,35,39);5-9H,1-4H3,(H,18,20)/t16?,20?,21-,27-;/m1./s1. The van der Waals surface area contributed by atoms with Gasteiger partial charge >= 0.3 is 6.18 Å². The highest BCUT2D eigenvalue weighted by Crippen LogP contribution is 2.48. The van der Waals surface area contributed by atoms with Crippen LogP contribution in [0.25, 0.3) is 21.6 Å². The normalized spacial score (nSPS) is 20.9. The van der Waals surface area contributed by atoms with Crippen LogP contribution in [0.3, 0.4) is 0 Å². The fourth-order valence-corrected chi connectivity index (χ4v) is 10.2. The number of anilines is 1. The van der Waals surface area contributed by atoms with E-state index in [0.29, 0.717) is 49.1 Å². The minimum Gasteiger partial charge on any atom is -0.496 e. The molecular weight excluding hydrogens is 877 g/mol. The molecule has 4 N–H and O–H groups in total. The minimum absolute atomic E-state index is 0.00389. The van der Waals surface area contributed by atoms with Crippen LogP contribution in [0.15, 0.2) is 46.6 Å². The van der Waals surface area contributed by atoms with Crippen molar-refractivity contribution >= 4 is 55.7 Å². The van der Waals surface area contributed by atoms with Gasteiger partial charge in [0.05, 0.1) is 34.3 Å². The molecule has 0 bridgehead atoms. The summed E-state index contributed by atoms with van der Waals surface area (Å²) in [6, 6.07) is 5.59. The summed E-state index contributed by atoms with van der Waals surface area (Å²) >= 11 is 1.55. The molecule has 3 amide bonds. The number of rotatable bonds is 12. The number of aromatic nitrogens is 2. The summed E-state index contributed by atoms with van der Waals surface area (Å²) < 4.78 is 85.6. The van der Waals surface area contributed by atoms with Crippen LogP contribution in [0, 0.1) is 24.1 Å². The van der Waals surface area contributed by atoms with Gasteiger partial charge in [-0.1, -0.05) is 48.0 Å². The zero-order chi connectivity index (χ0) is 47.3. The monoisotopic (exact) mass is 932 g/mol. The van der Waals surface area contributed by atoms with Gasteiger partial charge in [0.25, 0.3) is 5.91 Å².